The number of fused-ring (bicyclic) bond motifs is 3. The molecule has 3 aromatic heterocycles. The van der Waals surface area contributed by atoms with Crippen LogP contribution in [0, 0.1) is 0 Å². The van der Waals surface area contributed by atoms with E-state index in [0.29, 0.717) is 66.8 Å². The van der Waals surface area contributed by atoms with Crippen LogP contribution < -0.4 is 32.6 Å². The number of anilines is 6. The average molecular weight is 676 g/mol. The fourth-order valence-electron chi connectivity index (χ4n) is 4.82. The number of benzene rings is 4. The lowest BCUT2D eigenvalue weighted by Crippen LogP contribution is -2.08. The van der Waals surface area contributed by atoms with E-state index >= 15 is 0 Å². The van der Waals surface area contributed by atoms with E-state index in [1.807, 2.05) is 0 Å². The highest BCUT2D eigenvalue weighted by Gasteiger charge is 2.17. The van der Waals surface area contributed by atoms with Gasteiger partial charge in [0, 0.05) is 11.4 Å². The zero-order chi connectivity index (χ0) is 32.7. The minimum atomic E-state index is -4.47. The van der Waals surface area contributed by atoms with Crippen LogP contribution in [0.3, 0.4) is 0 Å². The van der Waals surface area contributed by atoms with Gasteiger partial charge in [0.05, 0.1) is 49.6 Å². The summed E-state index contributed by atoms with van der Waals surface area (Å²) in [6, 6.07) is 17.2. The SMILES string of the molecule is O=c1[nH]c2ccc(Nc3nc(Nc4ccc5[nH]c(=O)[nH]c5c4)nc(Nc4ccc5cc(S(=O)(=O)O)ccc5c4SOO[O-])n3)cc2[nH]1. The maximum absolute atomic E-state index is 11.7. The molecule has 0 fully saturated rings. The first-order chi connectivity index (χ1) is 22.6. The van der Waals surface area contributed by atoms with E-state index in [9.17, 15) is 27.8 Å². The minimum Gasteiger partial charge on any atom is -0.691 e. The zero-order valence-electron chi connectivity index (χ0n) is 23.3. The fraction of sp³-hybridized carbons (Fsp3) is 0. The summed E-state index contributed by atoms with van der Waals surface area (Å²) in [4.78, 5) is 47.6. The quantitative estimate of drug-likeness (QED) is 0.0448. The van der Waals surface area contributed by atoms with Crippen LogP contribution in [-0.2, 0) is 19.5 Å². The van der Waals surface area contributed by atoms with Gasteiger partial charge in [0.25, 0.3) is 10.1 Å². The molecule has 20 heteroatoms. The highest BCUT2D eigenvalue weighted by atomic mass is 32.2. The van der Waals surface area contributed by atoms with Crippen LogP contribution in [0.2, 0.25) is 0 Å². The van der Waals surface area contributed by atoms with E-state index < -0.39 is 10.1 Å². The van der Waals surface area contributed by atoms with Gasteiger partial charge in [-0.15, -0.1) is 0 Å². The summed E-state index contributed by atoms with van der Waals surface area (Å²) in [5.74, 6) is 0.201. The Hall–Kier alpha value is -5.77. The second kappa shape index (κ2) is 11.9. The zero-order valence-corrected chi connectivity index (χ0v) is 24.9. The number of hydrogen-bond donors (Lipinski definition) is 8. The van der Waals surface area contributed by atoms with E-state index in [0.717, 1.165) is 0 Å². The number of rotatable bonds is 10. The van der Waals surface area contributed by atoms with Crippen molar-refractivity contribution in [2.75, 3.05) is 16.0 Å². The number of aromatic amines is 4. The molecule has 7 aromatic rings. The van der Waals surface area contributed by atoms with Crippen molar-refractivity contribution in [1.29, 1.82) is 0 Å². The van der Waals surface area contributed by atoms with Gasteiger partial charge < -0.3 is 41.1 Å². The maximum atomic E-state index is 11.7. The summed E-state index contributed by atoms with van der Waals surface area (Å²) in [6.07, 6.45) is 0. The first kappa shape index (κ1) is 29.9. The fourth-order valence-corrected chi connectivity index (χ4v) is 5.92. The number of H-pyrrole nitrogens is 4. The van der Waals surface area contributed by atoms with Crippen molar-refractivity contribution in [2.24, 2.45) is 0 Å². The third kappa shape index (κ3) is 6.35. The van der Waals surface area contributed by atoms with E-state index in [-0.39, 0.29) is 34.1 Å². The van der Waals surface area contributed by atoms with Crippen LogP contribution in [0.15, 0.2) is 86.1 Å². The van der Waals surface area contributed by atoms with Gasteiger partial charge in [-0.1, -0.05) is 12.1 Å². The number of aromatic nitrogens is 7. The molecule has 0 amide bonds. The minimum absolute atomic E-state index is 0.0241. The number of hydrogen-bond acceptors (Lipinski definition) is 14. The van der Waals surface area contributed by atoms with Crippen LogP contribution >= 0.6 is 12.0 Å². The Bertz CT molecular complexity index is 2440. The summed E-state index contributed by atoms with van der Waals surface area (Å²) in [7, 11) is -4.47. The summed E-state index contributed by atoms with van der Waals surface area (Å²) < 4.78 is 37.4. The lowest BCUT2D eigenvalue weighted by molar-refractivity contribution is -0.777. The summed E-state index contributed by atoms with van der Waals surface area (Å²) in [5.41, 5.74) is 3.01. The van der Waals surface area contributed by atoms with Gasteiger partial charge in [0.15, 0.2) is 0 Å². The van der Waals surface area contributed by atoms with Crippen LogP contribution in [0.4, 0.5) is 34.9 Å². The Kier molecular flexibility index (Phi) is 7.55. The molecule has 0 unspecified atom stereocenters. The molecule has 18 nitrogen and oxygen atoms in total. The maximum Gasteiger partial charge on any atom is 0.323 e. The largest absolute Gasteiger partial charge is 0.691 e. The monoisotopic (exact) mass is 675 g/mol. The standard InChI is InChI=1S/C27H20N10O8S2/c38-26-31-17-7-2-13(10-20(17)33-26)28-23-35-24(29-14-3-8-18-21(11-14)34-27(39)32-18)37-25(36-23)30-19-6-1-12-9-15(47(41,42)43)4-5-16(12)22(19)46-45-44-40/h1-11,40H,(H2,31,33,38)(H2,32,34,39)(H,41,42,43)(H3,28,29,30,35,36,37)/p-1. The van der Waals surface area contributed by atoms with Gasteiger partial charge in [0.2, 0.25) is 17.8 Å². The molecule has 0 radical (unpaired) electrons. The molecule has 0 atom stereocenters. The van der Waals surface area contributed by atoms with E-state index in [2.05, 4.69) is 60.2 Å². The predicted molar refractivity (Wildman–Crippen MR) is 169 cm³/mol. The molecule has 0 aliphatic rings. The Labute approximate surface area is 265 Å². The molecule has 0 aliphatic heterocycles. The van der Waals surface area contributed by atoms with Crippen molar-refractivity contribution in [1.82, 2.24) is 34.9 Å². The number of imidazole rings is 2. The van der Waals surface area contributed by atoms with E-state index in [1.165, 1.54) is 18.2 Å². The third-order valence-electron chi connectivity index (χ3n) is 6.81. The van der Waals surface area contributed by atoms with Gasteiger partial charge in [-0.3, -0.25) is 9.59 Å². The summed E-state index contributed by atoms with van der Waals surface area (Å²) in [6.45, 7) is 0. The molecule has 7 rings (SSSR count). The van der Waals surface area contributed by atoms with Crippen molar-refractivity contribution < 1.29 is 27.6 Å². The van der Waals surface area contributed by atoms with Gasteiger partial charge in [-0.05, 0) is 65.4 Å². The second-order valence-corrected chi connectivity index (χ2v) is 12.0. The second-order valence-electron chi connectivity index (χ2n) is 9.88. The Balaban J connectivity index is 1.29. The molecule has 0 spiro atoms. The van der Waals surface area contributed by atoms with Crippen molar-refractivity contribution in [3.8, 4) is 0 Å². The van der Waals surface area contributed by atoms with Crippen LogP contribution in [0.1, 0.15) is 0 Å². The van der Waals surface area contributed by atoms with Crippen molar-refractivity contribution in [3.63, 3.8) is 0 Å². The van der Waals surface area contributed by atoms with Crippen LogP contribution in [-0.4, -0.2) is 47.9 Å². The highest BCUT2D eigenvalue weighted by molar-refractivity contribution is 7.95. The molecule has 0 aliphatic carbocycles. The first-order valence-electron chi connectivity index (χ1n) is 13.3. The molecule has 0 saturated carbocycles. The molecule has 0 bridgehead atoms. The average Bonchev–Trinajstić information content (AvgIpc) is 3.59. The normalized spacial score (nSPS) is 11.8. The molecule has 0 saturated heterocycles. The van der Waals surface area contributed by atoms with Gasteiger partial charge in [-0.25, -0.2) is 9.59 Å². The lowest BCUT2D eigenvalue weighted by Gasteiger charge is -2.15. The Morgan fingerprint density at radius 2 is 1.26 bits per heavy atom. The van der Waals surface area contributed by atoms with Gasteiger partial charge >= 0.3 is 11.4 Å². The Morgan fingerprint density at radius 3 is 1.81 bits per heavy atom. The predicted octanol–water partition coefficient (Wildman–Crippen LogP) is 3.07. The molecule has 4 aromatic carbocycles. The highest BCUT2D eigenvalue weighted by Crippen LogP contribution is 2.37. The van der Waals surface area contributed by atoms with Gasteiger partial charge in [0.1, 0.15) is 0 Å². The smallest absolute Gasteiger partial charge is 0.323 e. The van der Waals surface area contributed by atoms with E-state index in [1.54, 1.807) is 48.5 Å². The van der Waals surface area contributed by atoms with Crippen molar-refractivity contribution in [3.05, 3.63) is 87.7 Å². The number of nitrogens with zero attached hydrogens (tertiary/aromatic N) is 3. The van der Waals surface area contributed by atoms with Gasteiger partial charge in [-0.2, -0.15) is 27.7 Å². The topological polar surface area (TPSA) is 268 Å². The molecule has 238 valence electrons. The summed E-state index contributed by atoms with van der Waals surface area (Å²) >= 11 is 0.553. The van der Waals surface area contributed by atoms with Crippen LogP contribution in [0.5, 0.6) is 0 Å². The van der Waals surface area contributed by atoms with Crippen molar-refractivity contribution in [2.45, 2.75) is 9.79 Å². The lowest BCUT2D eigenvalue weighted by atomic mass is 10.1. The van der Waals surface area contributed by atoms with Crippen LogP contribution in [0.25, 0.3) is 32.8 Å². The van der Waals surface area contributed by atoms with Crippen molar-refractivity contribution >= 4 is 89.9 Å². The third-order valence-corrected chi connectivity index (χ3v) is 8.39. The van der Waals surface area contributed by atoms with E-state index in [4.69, 9.17) is 0 Å². The molecule has 47 heavy (non-hydrogen) atoms. The molecule has 8 N–H and O–H groups in total. The summed E-state index contributed by atoms with van der Waals surface area (Å²) in [5, 5.41) is 24.4. The first-order valence-corrected chi connectivity index (χ1v) is 15.5. The molecular weight excluding hydrogens is 656 g/mol. The molecular formula is C27H19N10O8S2-. The number of nitrogens with one attached hydrogen (secondary N) is 7. The molecule has 3 heterocycles. The Morgan fingerprint density at radius 1 is 0.702 bits per heavy atom.